The molecular formula is C12H26N2O3S. The Hall–Kier alpha value is -0.170. The van der Waals surface area contributed by atoms with Crippen LogP contribution in [-0.2, 0) is 10.0 Å². The molecule has 108 valence electrons. The molecule has 0 bridgehead atoms. The van der Waals surface area contributed by atoms with Gasteiger partial charge in [-0.25, -0.2) is 12.7 Å². The van der Waals surface area contributed by atoms with E-state index in [1.165, 1.54) is 0 Å². The highest BCUT2D eigenvalue weighted by Crippen LogP contribution is 2.13. The van der Waals surface area contributed by atoms with Crippen LogP contribution in [0.1, 0.15) is 39.0 Å². The van der Waals surface area contributed by atoms with Crippen molar-refractivity contribution in [3.63, 3.8) is 0 Å². The number of nitrogens with zero attached hydrogens (tertiary/aromatic N) is 1. The minimum absolute atomic E-state index is 0.0858. The lowest BCUT2D eigenvalue weighted by Gasteiger charge is -2.26. The molecule has 1 aliphatic heterocycles. The van der Waals surface area contributed by atoms with Crippen LogP contribution < -0.4 is 5.32 Å². The third kappa shape index (κ3) is 5.22. The van der Waals surface area contributed by atoms with Gasteiger partial charge >= 0.3 is 0 Å². The van der Waals surface area contributed by atoms with E-state index in [2.05, 4.69) is 5.32 Å². The molecule has 0 radical (unpaired) electrons. The van der Waals surface area contributed by atoms with Crippen LogP contribution in [0.15, 0.2) is 0 Å². The molecule has 0 aliphatic carbocycles. The van der Waals surface area contributed by atoms with Crippen molar-refractivity contribution in [1.29, 1.82) is 0 Å². The van der Waals surface area contributed by atoms with Crippen molar-refractivity contribution < 1.29 is 13.5 Å². The maximum absolute atomic E-state index is 12.0. The molecule has 1 saturated heterocycles. The maximum atomic E-state index is 12.0. The number of aliphatic hydroxyl groups excluding tert-OH is 1. The Bertz CT molecular complexity index is 309. The smallest absolute Gasteiger partial charge is 0.214 e. The minimum atomic E-state index is -3.06. The highest BCUT2D eigenvalue weighted by Gasteiger charge is 2.23. The molecule has 1 atom stereocenters. The minimum Gasteiger partial charge on any atom is -0.395 e. The summed E-state index contributed by atoms with van der Waals surface area (Å²) >= 11 is 0. The third-order valence-corrected chi connectivity index (χ3v) is 5.39. The Morgan fingerprint density at radius 1 is 1.28 bits per heavy atom. The Morgan fingerprint density at radius 2 is 1.94 bits per heavy atom. The van der Waals surface area contributed by atoms with E-state index in [-0.39, 0.29) is 18.4 Å². The number of aliphatic hydroxyl groups is 1. The summed E-state index contributed by atoms with van der Waals surface area (Å²) in [5.74, 6) is 0.210. The molecule has 1 fully saturated rings. The standard InChI is InChI=1S/C12H26N2O3S/c1-2-12(11-15)13-7-6-10-18(16,17)14-8-4-3-5-9-14/h12-13,15H,2-11H2,1H3. The van der Waals surface area contributed by atoms with Gasteiger partial charge in [-0.1, -0.05) is 13.3 Å². The predicted octanol–water partition coefficient (Wildman–Crippen LogP) is 0.553. The highest BCUT2D eigenvalue weighted by molar-refractivity contribution is 7.89. The second-order valence-corrected chi connectivity index (χ2v) is 6.96. The molecule has 0 saturated carbocycles. The first-order valence-corrected chi connectivity index (χ1v) is 8.53. The zero-order chi connectivity index (χ0) is 13.4. The van der Waals surface area contributed by atoms with Crippen molar-refractivity contribution in [2.24, 2.45) is 0 Å². The monoisotopic (exact) mass is 278 g/mol. The van der Waals surface area contributed by atoms with Crippen molar-refractivity contribution in [3.05, 3.63) is 0 Å². The molecule has 0 spiro atoms. The number of rotatable bonds is 8. The van der Waals surface area contributed by atoms with Gasteiger partial charge in [-0.05, 0) is 32.2 Å². The zero-order valence-electron chi connectivity index (χ0n) is 11.3. The van der Waals surface area contributed by atoms with Crippen molar-refractivity contribution >= 4 is 10.0 Å². The van der Waals surface area contributed by atoms with Crippen LogP contribution in [0.2, 0.25) is 0 Å². The van der Waals surface area contributed by atoms with Gasteiger partial charge in [0.05, 0.1) is 12.4 Å². The molecule has 1 aliphatic rings. The van der Waals surface area contributed by atoms with Gasteiger partial charge < -0.3 is 10.4 Å². The van der Waals surface area contributed by atoms with Crippen molar-refractivity contribution in [3.8, 4) is 0 Å². The molecule has 18 heavy (non-hydrogen) atoms. The molecule has 0 aromatic heterocycles. The highest BCUT2D eigenvalue weighted by atomic mass is 32.2. The molecule has 1 unspecified atom stereocenters. The lowest BCUT2D eigenvalue weighted by atomic mass is 10.2. The fourth-order valence-electron chi connectivity index (χ4n) is 2.17. The summed E-state index contributed by atoms with van der Waals surface area (Å²) in [6, 6.07) is 0.0858. The summed E-state index contributed by atoms with van der Waals surface area (Å²) in [7, 11) is -3.06. The van der Waals surface area contributed by atoms with E-state index in [0.29, 0.717) is 26.1 Å². The molecular weight excluding hydrogens is 252 g/mol. The lowest BCUT2D eigenvalue weighted by molar-refractivity contribution is 0.239. The number of sulfonamides is 1. The van der Waals surface area contributed by atoms with Crippen molar-refractivity contribution in [2.45, 2.75) is 45.1 Å². The third-order valence-electron chi connectivity index (χ3n) is 3.43. The second kappa shape index (κ2) is 8.09. The number of piperidine rings is 1. The lowest BCUT2D eigenvalue weighted by Crippen LogP contribution is -2.38. The van der Waals surface area contributed by atoms with E-state index in [9.17, 15) is 8.42 Å². The van der Waals surface area contributed by atoms with Crippen LogP contribution in [0, 0.1) is 0 Å². The summed E-state index contributed by atoms with van der Waals surface area (Å²) in [5.41, 5.74) is 0. The number of hydrogen-bond donors (Lipinski definition) is 2. The average Bonchev–Trinajstić information content (AvgIpc) is 2.40. The second-order valence-electron chi connectivity index (χ2n) is 4.87. The van der Waals surface area contributed by atoms with Crippen LogP contribution in [0.5, 0.6) is 0 Å². The zero-order valence-corrected chi connectivity index (χ0v) is 12.1. The van der Waals surface area contributed by atoms with Crippen LogP contribution in [0.3, 0.4) is 0 Å². The quantitative estimate of drug-likeness (QED) is 0.636. The Morgan fingerprint density at radius 3 is 2.50 bits per heavy atom. The number of nitrogens with one attached hydrogen (secondary N) is 1. The molecule has 1 rings (SSSR count). The number of hydrogen-bond acceptors (Lipinski definition) is 4. The molecule has 6 heteroatoms. The van der Waals surface area contributed by atoms with Gasteiger partial charge in [0.25, 0.3) is 0 Å². The Labute approximate surface area is 111 Å². The molecule has 0 aromatic carbocycles. The van der Waals surface area contributed by atoms with E-state index < -0.39 is 10.0 Å². The van der Waals surface area contributed by atoms with Gasteiger partial charge in [0, 0.05) is 19.1 Å². The fraction of sp³-hybridized carbons (Fsp3) is 1.00. The maximum Gasteiger partial charge on any atom is 0.214 e. The van der Waals surface area contributed by atoms with E-state index in [0.717, 1.165) is 25.7 Å². The van der Waals surface area contributed by atoms with Crippen LogP contribution >= 0.6 is 0 Å². The topological polar surface area (TPSA) is 69.6 Å². The first-order valence-electron chi connectivity index (χ1n) is 6.92. The van der Waals surface area contributed by atoms with Crippen LogP contribution in [0.4, 0.5) is 0 Å². The fourth-order valence-corrected chi connectivity index (χ4v) is 3.75. The first-order chi connectivity index (χ1) is 8.60. The van der Waals surface area contributed by atoms with Gasteiger partial charge in [-0.15, -0.1) is 0 Å². The van der Waals surface area contributed by atoms with Gasteiger partial charge in [0.1, 0.15) is 0 Å². The Kier molecular flexibility index (Phi) is 7.14. The molecule has 0 amide bonds. The van der Waals surface area contributed by atoms with Crippen LogP contribution in [0.25, 0.3) is 0 Å². The summed E-state index contributed by atoms with van der Waals surface area (Å²) in [5, 5.41) is 12.2. The normalized spacial score (nSPS) is 19.9. The van der Waals surface area contributed by atoms with E-state index in [1.807, 2.05) is 6.92 Å². The summed E-state index contributed by atoms with van der Waals surface area (Å²) in [6.07, 6.45) is 4.58. The first kappa shape index (κ1) is 15.9. The van der Waals surface area contributed by atoms with Gasteiger partial charge in [0.2, 0.25) is 10.0 Å². The summed E-state index contributed by atoms with van der Waals surface area (Å²) < 4.78 is 25.7. The average molecular weight is 278 g/mol. The van der Waals surface area contributed by atoms with E-state index >= 15 is 0 Å². The predicted molar refractivity (Wildman–Crippen MR) is 73.0 cm³/mol. The van der Waals surface area contributed by atoms with Crippen molar-refractivity contribution in [1.82, 2.24) is 9.62 Å². The molecule has 1 heterocycles. The van der Waals surface area contributed by atoms with E-state index in [1.54, 1.807) is 4.31 Å². The van der Waals surface area contributed by atoms with Gasteiger partial charge in [0.15, 0.2) is 0 Å². The van der Waals surface area contributed by atoms with E-state index in [4.69, 9.17) is 5.11 Å². The molecule has 0 aromatic rings. The van der Waals surface area contributed by atoms with Gasteiger partial charge in [-0.3, -0.25) is 0 Å². The molecule has 5 nitrogen and oxygen atoms in total. The summed E-state index contributed by atoms with van der Waals surface area (Å²) in [4.78, 5) is 0. The van der Waals surface area contributed by atoms with Crippen LogP contribution in [-0.4, -0.2) is 55.9 Å². The Balaban J connectivity index is 2.24. The summed E-state index contributed by atoms with van der Waals surface area (Å²) in [6.45, 7) is 4.12. The SMILES string of the molecule is CCC(CO)NCCCS(=O)(=O)N1CCCCC1. The molecule has 2 N–H and O–H groups in total. The van der Waals surface area contributed by atoms with Gasteiger partial charge in [-0.2, -0.15) is 0 Å². The largest absolute Gasteiger partial charge is 0.395 e. The van der Waals surface area contributed by atoms with Crippen molar-refractivity contribution in [2.75, 3.05) is 32.0 Å².